The minimum atomic E-state index is 0.523. The number of aromatic nitrogens is 2. The maximum absolute atomic E-state index is 5.87. The molecule has 4 nitrogen and oxygen atoms in total. The Morgan fingerprint density at radius 3 is 3.00 bits per heavy atom. The Morgan fingerprint density at radius 1 is 1.47 bits per heavy atom. The average Bonchev–Trinajstić information content (AvgIpc) is 2.70. The highest BCUT2D eigenvalue weighted by atomic mass is 35.5. The van der Waals surface area contributed by atoms with Crippen LogP contribution in [0.15, 0.2) is 30.6 Å². The molecule has 0 saturated carbocycles. The summed E-state index contributed by atoms with van der Waals surface area (Å²) in [6.07, 6.45) is 4.40. The summed E-state index contributed by atoms with van der Waals surface area (Å²) in [5.41, 5.74) is 6.37. The molecule has 0 bridgehead atoms. The van der Waals surface area contributed by atoms with E-state index in [-0.39, 0.29) is 0 Å². The predicted molar refractivity (Wildman–Crippen MR) is 68.3 cm³/mol. The Balaban J connectivity index is 1.94. The molecule has 0 aliphatic carbocycles. The summed E-state index contributed by atoms with van der Waals surface area (Å²) in [6, 6.07) is 5.19. The van der Waals surface area contributed by atoms with Gasteiger partial charge in [-0.15, -0.1) is 0 Å². The molecule has 1 heterocycles. The number of hydrogen-bond donors (Lipinski definition) is 1. The van der Waals surface area contributed by atoms with E-state index in [1.165, 1.54) is 0 Å². The highest BCUT2D eigenvalue weighted by Crippen LogP contribution is 2.25. The minimum absolute atomic E-state index is 0.523. The number of nitrogen functional groups attached to an aromatic ring is 1. The van der Waals surface area contributed by atoms with Gasteiger partial charge in [-0.2, -0.15) is 0 Å². The number of nitrogens with two attached hydrogens (primary N) is 1. The topological polar surface area (TPSA) is 53.1 Å². The maximum atomic E-state index is 5.87. The number of halogens is 1. The number of ether oxygens (including phenoxy) is 1. The molecule has 5 heteroatoms. The molecule has 0 radical (unpaired) electrons. The van der Waals surface area contributed by atoms with Gasteiger partial charge in [-0.3, -0.25) is 0 Å². The fourth-order valence-electron chi connectivity index (χ4n) is 1.52. The van der Waals surface area contributed by atoms with Gasteiger partial charge in [0.1, 0.15) is 11.6 Å². The molecule has 0 amide bonds. The van der Waals surface area contributed by atoms with Crippen LogP contribution < -0.4 is 10.5 Å². The number of hydrogen-bond acceptors (Lipinski definition) is 3. The molecule has 90 valence electrons. The van der Waals surface area contributed by atoms with Crippen LogP contribution in [0, 0.1) is 0 Å². The number of anilines is 1. The number of aryl methyl sites for hydroxylation is 1. The second kappa shape index (κ2) is 5.10. The number of benzene rings is 1. The van der Waals surface area contributed by atoms with E-state index in [9.17, 15) is 0 Å². The van der Waals surface area contributed by atoms with Crippen molar-refractivity contribution in [2.75, 3.05) is 12.3 Å². The van der Waals surface area contributed by atoms with Gasteiger partial charge in [0.05, 0.1) is 12.3 Å². The molecule has 1 aromatic carbocycles. The van der Waals surface area contributed by atoms with Gasteiger partial charge in [-0.05, 0) is 12.1 Å². The molecule has 0 aliphatic rings. The highest BCUT2D eigenvalue weighted by Gasteiger charge is 2.03. The molecule has 0 aliphatic heterocycles. The van der Waals surface area contributed by atoms with Crippen molar-refractivity contribution in [1.82, 2.24) is 9.55 Å². The second-order valence-electron chi connectivity index (χ2n) is 3.73. The van der Waals surface area contributed by atoms with E-state index in [1.807, 2.05) is 17.8 Å². The molecule has 2 rings (SSSR count). The first kappa shape index (κ1) is 11.8. The Bertz CT molecular complexity index is 510. The van der Waals surface area contributed by atoms with Crippen molar-refractivity contribution in [3.8, 4) is 5.75 Å². The second-order valence-corrected chi connectivity index (χ2v) is 4.17. The van der Waals surface area contributed by atoms with Crippen LogP contribution in [0.3, 0.4) is 0 Å². The summed E-state index contributed by atoms with van der Waals surface area (Å²) in [5.74, 6) is 1.59. The fraction of sp³-hybridized carbons (Fsp3) is 0.250. The van der Waals surface area contributed by atoms with Crippen LogP contribution in [0.25, 0.3) is 0 Å². The molecule has 0 fully saturated rings. The normalized spacial score (nSPS) is 10.5. The molecule has 0 unspecified atom stereocenters. The lowest BCUT2D eigenvalue weighted by Crippen LogP contribution is -2.07. The van der Waals surface area contributed by atoms with E-state index in [4.69, 9.17) is 22.1 Å². The fourth-order valence-corrected chi connectivity index (χ4v) is 1.68. The van der Waals surface area contributed by atoms with Crippen LogP contribution in [-0.4, -0.2) is 16.2 Å². The summed E-state index contributed by atoms with van der Waals surface area (Å²) in [6.45, 7) is 0.523. The van der Waals surface area contributed by atoms with E-state index >= 15 is 0 Å². The predicted octanol–water partition coefficient (Wildman–Crippen LogP) is 2.28. The third-order valence-electron chi connectivity index (χ3n) is 2.48. The Labute approximate surface area is 105 Å². The zero-order valence-corrected chi connectivity index (χ0v) is 10.3. The van der Waals surface area contributed by atoms with Crippen molar-refractivity contribution in [1.29, 1.82) is 0 Å². The van der Waals surface area contributed by atoms with Crippen molar-refractivity contribution >= 4 is 17.3 Å². The Kier molecular flexibility index (Phi) is 3.54. The third kappa shape index (κ3) is 2.91. The summed E-state index contributed by atoms with van der Waals surface area (Å²) in [4.78, 5) is 4.21. The van der Waals surface area contributed by atoms with Gasteiger partial charge < -0.3 is 15.0 Å². The SMILES string of the molecule is Cn1ccnc1CCOc1cc(Cl)ccc1N. The standard InChI is InChI=1S/C12H14ClN3O/c1-16-6-5-15-12(16)4-7-17-11-8-9(13)2-3-10(11)14/h2-3,5-6,8H,4,7,14H2,1H3. The number of imidazole rings is 1. The monoisotopic (exact) mass is 251 g/mol. The summed E-state index contributed by atoms with van der Waals surface area (Å²) < 4.78 is 7.55. The number of nitrogens with zero attached hydrogens (tertiary/aromatic N) is 2. The molecule has 2 N–H and O–H groups in total. The highest BCUT2D eigenvalue weighted by molar-refractivity contribution is 6.30. The van der Waals surface area contributed by atoms with Gasteiger partial charge in [-0.1, -0.05) is 11.6 Å². The van der Waals surface area contributed by atoms with Crippen LogP contribution in [0.4, 0.5) is 5.69 Å². The lowest BCUT2D eigenvalue weighted by Gasteiger charge is -2.09. The van der Waals surface area contributed by atoms with Gasteiger partial charge in [0, 0.05) is 37.0 Å². The Morgan fingerprint density at radius 2 is 2.29 bits per heavy atom. The molecular formula is C12H14ClN3O. The summed E-state index contributed by atoms with van der Waals surface area (Å²) >= 11 is 5.87. The summed E-state index contributed by atoms with van der Waals surface area (Å²) in [5, 5.41) is 0.617. The molecular weight excluding hydrogens is 238 g/mol. The zero-order chi connectivity index (χ0) is 12.3. The van der Waals surface area contributed by atoms with E-state index in [2.05, 4.69) is 4.98 Å². The lowest BCUT2D eigenvalue weighted by molar-refractivity contribution is 0.319. The first-order chi connectivity index (χ1) is 8.16. The van der Waals surface area contributed by atoms with Gasteiger partial charge >= 0.3 is 0 Å². The van der Waals surface area contributed by atoms with E-state index in [0.29, 0.717) is 23.1 Å². The zero-order valence-electron chi connectivity index (χ0n) is 9.56. The number of rotatable bonds is 4. The van der Waals surface area contributed by atoms with Gasteiger partial charge in [0.15, 0.2) is 0 Å². The van der Waals surface area contributed by atoms with Crippen LogP contribution >= 0.6 is 11.6 Å². The van der Waals surface area contributed by atoms with Crippen LogP contribution in [0.1, 0.15) is 5.82 Å². The maximum Gasteiger partial charge on any atom is 0.143 e. The summed E-state index contributed by atoms with van der Waals surface area (Å²) in [7, 11) is 1.95. The van der Waals surface area contributed by atoms with Crippen LogP contribution in [-0.2, 0) is 13.5 Å². The van der Waals surface area contributed by atoms with E-state index in [0.717, 1.165) is 12.2 Å². The molecule has 0 spiro atoms. The van der Waals surface area contributed by atoms with E-state index in [1.54, 1.807) is 24.4 Å². The van der Waals surface area contributed by atoms with Crippen molar-refractivity contribution in [3.05, 3.63) is 41.4 Å². The molecule has 2 aromatic rings. The largest absolute Gasteiger partial charge is 0.491 e. The van der Waals surface area contributed by atoms with Crippen molar-refractivity contribution in [3.63, 3.8) is 0 Å². The van der Waals surface area contributed by atoms with Gasteiger partial charge in [0.25, 0.3) is 0 Å². The van der Waals surface area contributed by atoms with Crippen LogP contribution in [0.2, 0.25) is 5.02 Å². The molecule has 0 atom stereocenters. The van der Waals surface area contributed by atoms with Gasteiger partial charge in [0.2, 0.25) is 0 Å². The molecule has 17 heavy (non-hydrogen) atoms. The van der Waals surface area contributed by atoms with Crippen molar-refractivity contribution in [2.24, 2.45) is 7.05 Å². The first-order valence-electron chi connectivity index (χ1n) is 5.31. The van der Waals surface area contributed by atoms with Crippen molar-refractivity contribution in [2.45, 2.75) is 6.42 Å². The van der Waals surface area contributed by atoms with Gasteiger partial charge in [-0.25, -0.2) is 4.98 Å². The lowest BCUT2D eigenvalue weighted by atomic mass is 10.3. The molecule has 0 saturated heterocycles. The van der Waals surface area contributed by atoms with Crippen LogP contribution in [0.5, 0.6) is 5.75 Å². The smallest absolute Gasteiger partial charge is 0.143 e. The molecule has 1 aromatic heterocycles. The minimum Gasteiger partial charge on any atom is -0.491 e. The Hall–Kier alpha value is -1.68. The third-order valence-corrected chi connectivity index (χ3v) is 2.71. The first-order valence-corrected chi connectivity index (χ1v) is 5.68. The average molecular weight is 252 g/mol. The quantitative estimate of drug-likeness (QED) is 0.849. The van der Waals surface area contributed by atoms with Crippen molar-refractivity contribution < 1.29 is 4.74 Å². The van der Waals surface area contributed by atoms with E-state index < -0.39 is 0 Å².